The number of amides is 2. The van der Waals surface area contributed by atoms with Crippen molar-refractivity contribution in [1.29, 1.82) is 0 Å². The minimum Gasteiger partial charge on any atom is -0.495 e. The van der Waals surface area contributed by atoms with E-state index >= 15 is 0 Å². The van der Waals surface area contributed by atoms with Crippen LogP contribution in [0.2, 0.25) is 0 Å². The van der Waals surface area contributed by atoms with Gasteiger partial charge < -0.3 is 19.9 Å². The Morgan fingerprint density at radius 3 is 2.65 bits per heavy atom. The second-order valence-electron chi connectivity index (χ2n) is 6.19. The zero-order chi connectivity index (χ0) is 18.5. The van der Waals surface area contributed by atoms with E-state index in [0.29, 0.717) is 30.2 Å². The molecule has 2 amide bonds. The molecule has 0 aliphatic carbocycles. The molecule has 26 heavy (non-hydrogen) atoms. The Morgan fingerprint density at radius 2 is 1.96 bits per heavy atom. The molecule has 2 heterocycles. The smallest absolute Gasteiger partial charge is 0.274 e. The van der Waals surface area contributed by atoms with Crippen LogP contribution >= 0.6 is 0 Å². The van der Waals surface area contributed by atoms with Crippen molar-refractivity contribution >= 4 is 23.7 Å². The fraction of sp³-hybridized carbons (Fsp3) is 0.316. The summed E-state index contributed by atoms with van der Waals surface area (Å²) in [6, 6.07) is 9.25. The minimum absolute atomic E-state index is 0.290. The number of nitrogens with one attached hydrogen (secondary N) is 1. The molecule has 0 unspecified atom stereocenters. The van der Waals surface area contributed by atoms with Crippen LogP contribution in [0, 0.1) is 6.92 Å². The summed E-state index contributed by atoms with van der Waals surface area (Å²) >= 11 is 0. The molecule has 1 aliphatic heterocycles. The largest absolute Gasteiger partial charge is 0.495 e. The molecule has 7 heteroatoms. The minimum atomic E-state index is -0.290. The second-order valence-corrected chi connectivity index (χ2v) is 6.19. The molecule has 1 N–H and O–H groups in total. The lowest BCUT2D eigenvalue weighted by atomic mass is 10.2. The van der Waals surface area contributed by atoms with Gasteiger partial charge in [-0.3, -0.25) is 14.6 Å². The zero-order valence-electron chi connectivity index (χ0n) is 14.9. The number of benzene rings is 1. The maximum atomic E-state index is 12.6. The number of aryl methyl sites for hydroxylation is 1. The van der Waals surface area contributed by atoms with E-state index in [-0.39, 0.29) is 5.91 Å². The van der Waals surface area contributed by atoms with Crippen molar-refractivity contribution in [2.75, 3.05) is 43.5 Å². The van der Waals surface area contributed by atoms with Crippen LogP contribution in [0.4, 0.5) is 11.4 Å². The van der Waals surface area contributed by atoms with Gasteiger partial charge in [-0.05, 0) is 36.8 Å². The van der Waals surface area contributed by atoms with Crippen molar-refractivity contribution in [2.45, 2.75) is 6.92 Å². The SMILES string of the molecule is COc1ccc(C)cc1NC(=O)c1cc(N2CCN(C=O)CC2)ccn1. The monoisotopic (exact) mass is 354 g/mol. The van der Waals surface area contributed by atoms with E-state index in [1.54, 1.807) is 24.3 Å². The predicted molar refractivity (Wildman–Crippen MR) is 99.8 cm³/mol. The summed E-state index contributed by atoms with van der Waals surface area (Å²) in [6.07, 6.45) is 2.50. The van der Waals surface area contributed by atoms with Crippen LogP contribution in [-0.2, 0) is 4.79 Å². The van der Waals surface area contributed by atoms with Crippen LogP contribution in [0.25, 0.3) is 0 Å². The van der Waals surface area contributed by atoms with Crippen molar-refractivity contribution in [3.05, 3.63) is 47.8 Å². The fourth-order valence-electron chi connectivity index (χ4n) is 2.93. The molecular formula is C19H22N4O3. The lowest BCUT2D eigenvalue weighted by Crippen LogP contribution is -2.45. The highest BCUT2D eigenvalue weighted by molar-refractivity contribution is 6.04. The molecule has 0 bridgehead atoms. The summed E-state index contributed by atoms with van der Waals surface area (Å²) in [5, 5.41) is 2.87. The molecule has 2 aromatic rings. The molecule has 1 aliphatic rings. The van der Waals surface area contributed by atoms with Gasteiger partial charge in [0.25, 0.3) is 5.91 Å². The quantitative estimate of drug-likeness (QED) is 0.831. The Hall–Kier alpha value is -3.09. The van der Waals surface area contributed by atoms with E-state index < -0.39 is 0 Å². The Bertz CT molecular complexity index is 801. The van der Waals surface area contributed by atoms with Crippen LogP contribution in [-0.4, -0.2) is 55.5 Å². The van der Waals surface area contributed by atoms with Gasteiger partial charge in [0.1, 0.15) is 11.4 Å². The number of methoxy groups -OCH3 is 1. The molecule has 7 nitrogen and oxygen atoms in total. The van der Waals surface area contributed by atoms with Gasteiger partial charge in [0.15, 0.2) is 0 Å². The van der Waals surface area contributed by atoms with Crippen LogP contribution in [0.1, 0.15) is 16.1 Å². The molecule has 136 valence electrons. The van der Waals surface area contributed by atoms with Crippen molar-refractivity contribution in [2.24, 2.45) is 0 Å². The Kier molecular flexibility index (Phi) is 5.36. The molecule has 0 spiro atoms. The number of anilines is 2. The molecule has 1 aromatic carbocycles. The summed E-state index contributed by atoms with van der Waals surface area (Å²) in [5.74, 6) is 0.312. The van der Waals surface area contributed by atoms with Gasteiger partial charge >= 0.3 is 0 Å². The van der Waals surface area contributed by atoms with E-state index in [4.69, 9.17) is 4.74 Å². The van der Waals surface area contributed by atoms with Crippen LogP contribution in [0.5, 0.6) is 5.75 Å². The first kappa shape index (κ1) is 17.7. The van der Waals surface area contributed by atoms with Crippen molar-refractivity contribution in [1.82, 2.24) is 9.88 Å². The number of hydrogen-bond acceptors (Lipinski definition) is 5. The number of carbonyl (C=O) groups is 2. The van der Waals surface area contributed by atoms with Crippen LogP contribution in [0.3, 0.4) is 0 Å². The Labute approximate surface area is 152 Å². The van der Waals surface area contributed by atoms with Crippen molar-refractivity contribution < 1.29 is 14.3 Å². The third-order valence-corrected chi connectivity index (χ3v) is 4.41. The number of hydrogen-bond donors (Lipinski definition) is 1. The molecular weight excluding hydrogens is 332 g/mol. The Morgan fingerprint density at radius 1 is 1.19 bits per heavy atom. The van der Waals surface area contributed by atoms with Gasteiger partial charge in [-0.25, -0.2) is 0 Å². The average molecular weight is 354 g/mol. The molecule has 1 saturated heterocycles. The third kappa shape index (κ3) is 3.93. The highest BCUT2D eigenvalue weighted by Crippen LogP contribution is 2.26. The molecule has 3 rings (SSSR count). The number of carbonyl (C=O) groups excluding carboxylic acids is 2. The van der Waals surface area contributed by atoms with Gasteiger partial charge in [0.05, 0.1) is 12.8 Å². The molecule has 0 atom stereocenters. The third-order valence-electron chi connectivity index (χ3n) is 4.41. The van der Waals surface area contributed by atoms with E-state index in [1.807, 2.05) is 31.2 Å². The van der Waals surface area contributed by atoms with Crippen molar-refractivity contribution in [3.63, 3.8) is 0 Å². The number of rotatable bonds is 5. The summed E-state index contributed by atoms with van der Waals surface area (Å²) in [5.41, 5.74) is 2.90. The maximum absolute atomic E-state index is 12.6. The lowest BCUT2D eigenvalue weighted by Gasteiger charge is -2.34. The molecule has 0 radical (unpaired) electrons. The van der Waals surface area contributed by atoms with E-state index in [2.05, 4.69) is 15.2 Å². The number of piperazine rings is 1. The van der Waals surface area contributed by atoms with E-state index in [0.717, 1.165) is 30.8 Å². The first-order chi connectivity index (χ1) is 12.6. The van der Waals surface area contributed by atoms with Gasteiger partial charge in [-0.1, -0.05) is 6.07 Å². The fourth-order valence-corrected chi connectivity index (χ4v) is 2.93. The highest BCUT2D eigenvalue weighted by atomic mass is 16.5. The molecule has 1 fully saturated rings. The van der Waals surface area contributed by atoms with Crippen LogP contribution in [0.15, 0.2) is 36.5 Å². The second kappa shape index (κ2) is 7.86. The maximum Gasteiger partial charge on any atom is 0.274 e. The number of aromatic nitrogens is 1. The lowest BCUT2D eigenvalue weighted by molar-refractivity contribution is -0.118. The number of pyridine rings is 1. The normalized spacial score (nSPS) is 14.1. The predicted octanol–water partition coefficient (Wildman–Crippen LogP) is 1.93. The topological polar surface area (TPSA) is 74.8 Å². The average Bonchev–Trinajstić information content (AvgIpc) is 2.68. The van der Waals surface area contributed by atoms with Crippen LogP contribution < -0.4 is 15.0 Å². The summed E-state index contributed by atoms with van der Waals surface area (Å²) in [4.78, 5) is 31.5. The van der Waals surface area contributed by atoms with Gasteiger partial charge in [0.2, 0.25) is 6.41 Å². The highest BCUT2D eigenvalue weighted by Gasteiger charge is 2.18. The first-order valence-corrected chi connectivity index (χ1v) is 8.47. The number of ether oxygens (including phenoxy) is 1. The zero-order valence-corrected chi connectivity index (χ0v) is 14.9. The standard InChI is InChI=1S/C19H22N4O3/c1-14-3-4-18(26-2)16(11-14)21-19(25)17-12-15(5-6-20-17)23-9-7-22(13-24)8-10-23/h3-6,11-13H,7-10H2,1-2H3,(H,21,25). The summed E-state index contributed by atoms with van der Waals surface area (Å²) in [6.45, 7) is 4.76. The number of nitrogens with zero attached hydrogens (tertiary/aromatic N) is 3. The first-order valence-electron chi connectivity index (χ1n) is 8.47. The van der Waals surface area contributed by atoms with Gasteiger partial charge in [0, 0.05) is 38.1 Å². The van der Waals surface area contributed by atoms with E-state index in [1.165, 1.54) is 0 Å². The Balaban J connectivity index is 1.75. The van der Waals surface area contributed by atoms with Gasteiger partial charge in [-0.15, -0.1) is 0 Å². The van der Waals surface area contributed by atoms with E-state index in [9.17, 15) is 9.59 Å². The molecule has 1 aromatic heterocycles. The molecule has 0 saturated carbocycles. The van der Waals surface area contributed by atoms with Gasteiger partial charge in [-0.2, -0.15) is 0 Å². The van der Waals surface area contributed by atoms with Crippen molar-refractivity contribution in [3.8, 4) is 5.75 Å². The summed E-state index contributed by atoms with van der Waals surface area (Å²) in [7, 11) is 1.57. The summed E-state index contributed by atoms with van der Waals surface area (Å²) < 4.78 is 5.30.